The van der Waals surface area contributed by atoms with Crippen LogP contribution >= 0.6 is 11.8 Å². The molecule has 8 nitrogen and oxygen atoms in total. The molecule has 33 heavy (non-hydrogen) atoms. The number of methoxy groups -OCH3 is 1. The Morgan fingerprint density at radius 1 is 1.03 bits per heavy atom. The van der Waals surface area contributed by atoms with Crippen LogP contribution in [-0.4, -0.2) is 39.4 Å². The molecule has 0 saturated carbocycles. The van der Waals surface area contributed by atoms with Crippen molar-refractivity contribution in [2.45, 2.75) is 37.9 Å². The zero-order chi connectivity index (χ0) is 23.8. The molecule has 1 aromatic heterocycles. The lowest BCUT2D eigenvalue weighted by Gasteiger charge is -2.14. The highest BCUT2D eigenvalue weighted by molar-refractivity contribution is 7.99. The van der Waals surface area contributed by atoms with Crippen molar-refractivity contribution in [3.8, 4) is 5.75 Å². The van der Waals surface area contributed by atoms with E-state index in [-0.39, 0.29) is 30.0 Å². The van der Waals surface area contributed by atoms with Gasteiger partial charge in [-0.2, -0.15) is 0 Å². The molecule has 174 valence electrons. The maximum Gasteiger partial charge on any atom is 0.234 e. The van der Waals surface area contributed by atoms with Gasteiger partial charge in [-0.15, -0.1) is 10.2 Å². The van der Waals surface area contributed by atoms with Gasteiger partial charge in [0.25, 0.3) is 0 Å². The van der Waals surface area contributed by atoms with Crippen LogP contribution in [0, 0.1) is 0 Å². The third-order valence-corrected chi connectivity index (χ3v) is 6.16. The fourth-order valence-corrected chi connectivity index (χ4v) is 3.98. The highest BCUT2D eigenvalue weighted by Crippen LogP contribution is 2.20. The van der Waals surface area contributed by atoms with E-state index >= 15 is 0 Å². The van der Waals surface area contributed by atoms with Gasteiger partial charge in [0.1, 0.15) is 5.75 Å². The van der Waals surface area contributed by atoms with E-state index in [4.69, 9.17) is 4.74 Å². The van der Waals surface area contributed by atoms with Crippen molar-refractivity contribution in [3.63, 3.8) is 0 Å². The zero-order valence-electron chi connectivity index (χ0n) is 19.3. The zero-order valence-corrected chi connectivity index (χ0v) is 20.1. The van der Waals surface area contributed by atoms with E-state index in [9.17, 15) is 9.59 Å². The van der Waals surface area contributed by atoms with Crippen LogP contribution in [0.4, 0.5) is 5.69 Å². The van der Waals surface area contributed by atoms with Crippen LogP contribution in [0.2, 0.25) is 0 Å². The van der Waals surface area contributed by atoms with Crippen LogP contribution in [0.15, 0.2) is 53.7 Å². The van der Waals surface area contributed by atoms with E-state index in [1.165, 1.54) is 17.3 Å². The van der Waals surface area contributed by atoms with Crippen LogP contribution in [0.1, 0.15) is 36.8 Å². The predicted molar refractivity (Wildman–Crippen MR) is 129 cm³/mol. The maximum atomic E-state index is 12.4. The fourth-order valence-electron chi connectivity index (χ4n) is 3.27. The van der Waals surface area contributed by atoms with Crippen LogP contribution < -0.4 is 15.4 Å². The molecule has 0 spiro atoms. The Kier molecular flexibility index (Phi) is 8.48. The number of hydrogen-bond acceptors (Lipinski definition) is 6. The molecule has 0 bridgehead atoms. The first-order valence-corrected chi connectivity index (χ1v) is 11.7. The molecular formula is C24H29N5O3S. The number of rotatable bonds is 10. The summed E-state index contributed by atoms with van der Waals surface area (Å²) in [6.45, 7) is 3.95. The number of carbonyl (C=O) groups excluding carboxylic acids is 2. The Bertz CT molecular complexity index is 1080. The summed E-state index contributed by atoms with van der Waals surface area (Å²) in [6.07, 6.45) is 1.21. The largest absolute Gasteiger partial charge is 0.497 e. The number of nitrogens with zero attached hydrogens (tertiary/aromatic N) is 3. The lowest BCUT2D eigenvalue weighted by molar-refractivity contribution is -0.121. The van der Waals surface area contributed by atoms with Gasteiger partial charge in [0.05, 0.1) is 25.3 Å². The first-order chi connectivity index (χ1) is 15.9. The smallest absolute Gasteiger partial charge is 0.234 e. The van der Waals surface area contributed by atoms with Gasteiger partial charge in [0.15, 0.2) is 11.0 Å². The molecule has 1 unspecified atom stereocenters. The van der Waals surface area contributed by atoms with Gasteiger partial charge in [0.2, 0.25) is 11.8 Å². The summed E-state index contributed by atoms with van der Waals surface area (Å²) in [5.74, 6) is 1.35. The van der Waals surface area contributed by atoms with E-state index in [1.807, 2.05) is 62.5 Å². The Balaban J connectivity index is 1.51. The van der Waals surface area contributed by atoms with Gasteiger partial charge >= 0.3 is 0 Å². The van der Waals surface area contributed by atoms with Crippen molar-refractivity contribution >= 4 is 29.3 Å². The monoisotopic (exact) mass is 467 g/mol. The maximum absolute atomic E-state index is 12.4. The number of amides is 2. The van der Waals surface area contributed by atoms with Gasteiger partial charge in [-0.3, -0.25) is 9.59 Å². The molecule has 2 N–H and O–H groups in total. The number of ether oxygens (including phenoxy) is 1. The van der Waals surface area contributed by atoms with E-state index < -0.39 is 0 Å². The van der Waals surface area contributed by atoms with Gasteiger partial charge in [0, 0.05) is 12.7 Å². The molecule has 0 aliphatic heterocycles. The molecule has 2 amide bonds. The van der Waals surface area contributed by atoms with Crippen molar-refractivity contribution < 1.29 is 14.3 Å². The van der Waals surface area contributed by atoms with Crippen LogP contribution in [0.5, 0.6) is 5.75 Å². The third kappa shape index (κ3) is 6.82. The second kappa shape index (κ2) is 11.5. The number of hydrogen-bond donors (Lipinski definition) is 2. The summed E-state index contributed by atoms with van der Waals surface area (Å²) < 4.78 is 6.94. The standard InChI is InChI=1S/C24H29N5O3S/c1-5-17-6-10-19(11-7-17)26-22(31)15-33-24-28-27-23(29(24)3)16(2)25-21(30)14-18-8-12-20(32-4)13-9-18/h6-13,16H,5,14-15H2,1-4H3,(H,25,30)(H,26,31). The van der Waals surface area contributed by atoms with E-state index in [2.05, 4.69) is 27.8 Å². The second-order valence-corrected chi connectivity index (χ2v) is 8.54. The van der Waals surface area contributed by atoms with Gasteiger partial charge < -0.3 is 19.9 Å². The van der Waals surface area contributed by atoms with Gasteiger partial charge in [-0.25, -0.2) is 0 Å². The van der Waals surface area contributed by atoms with Crippen molar-refractivity contribution in [1.82, 2.24) is 20.1 Å². The summed E-state index contributed by atoms with van der Waals surface area (Å²) in [5.41, 5.74) is 2.88. The first-order valence-electron chi connectivity index (χ1n) is 10.7. The number of nitrogens with one attached hydrogen (secondary N) is 2. The van der Waals surface area contributed by atoms with Crippen molar-refractivity contribution in [2.75, 3.05) is 18.2 Å². The second-order valence-electron chi connectivity index (χ2n) is 7.60. The van der Waals surface area contributed by atoms with Gasteiger partial charge in [-0.05, 0) is 48.7 Å². The number of thioether (sulfide) groups is 1. The molecule has 0 fully saturated rings. The summed E-state index contributed by atoms with van der Waals surface area (Å²) >= 11 is 1.30. The van der Waals surface area contributed by atoms with E-state index in [0.29, 0.717) is 11.0 Å². The molecule has 9 heteroatoms. The number of anilines is 1. The lowest BCUT2D eigenvalue weighted by Crippen LogP contribution is -2.29. The molecule has 0 radical (unpaired) electrons. The molecule has 2 aromatic carbocycles. The fraction of sp³-hybridized carbons (Fsp3) is 0.333. The quantitative estimate of drug-likeness (QED) is 0.443. The lowest BCUT2D eigenvalue weighted by atomic mass is 10.1. The Morgan fingerprint density at radius 3 is 2.33 bits per heavy atom. The molecule has 3 aromatic rings. The van der Waals surface area contributed by atoms with Gasteiger partial charge in [-0.1, -0.05) is 43.0 Å². The first kappa shape index (κ1) is 24.3. The molecule has 1 atom stereocenters. The van der Waals surface area contributed by atoms with Crippen LogP contribution in [0.25, 0.3) is 0 Å². The number of benzene rings is 2. The normalized spacial score (nSPS) is 11.6. The molecule has 1 heterocycles. The van der Waals surface area contributed by atoms with Crippen LogP contribution in [-0.2, 0) is 29.5 Å². The minimum atomic E-state index is -0.325. The van der Waals surface area contributed by atoms with Crippen molar-refractivity contribution in [2.24, 2.45) is 7.05 Å². The number of carbonyl (C=O) groups is 2. The Morgan fingerprint density at radius 2 is 1.70 bits per heavy atom. The third-order valence-electron chi connectivity index (χ3n) is 5.14. The molecular weight excluding hydrogens is 438 g/mol. The number of aromatic nitrogens is 3. The summed E-state index contributed by atoms with van der Waals surface area (Å²) in [5, 5.41) is 14.8. The van der Waals surface area contributed by atoms with Crippen molar-refractivity contribution in [1.29, 1.82) is 0 Å². The van der Waals surface area contributed by atoms with E-state index in [0.717, 1.165) is 23.4 Å². The Labute approximate surface area is 198 Å². The predicted octanol–water partition coefficient (Wildman–Crippen LogP) is 3.54. The number of aryl methyl sites for hydroxylation is 1. The molecule has 0 aliphatic carbocycles. The van der Waals surface area contributed by atoms with Crippen molar-refractivity contribution in [3.05, 3.63) is 65.5 Å². The summed E-state index contributed by atoms with van der Waals surface area (Å²) in [7, 11) is 3.43. The van der Waals surface area contributed by atoms with Crippen LogP contribution in [0.3, 0.4) is 0 Å². The van der Waals surface area contributed by atoms with E-state index in [1.54, 1.807) is 11.7 Å². The SMILES string of the molecule is CCc1ccc(NC(=O)CSc2nnc(C(C)NC(=O)Cc3ccc(OC)cc3)n2C)cc1. The Hall–Kier alpha value is -3.33. The molecule has 0 aliphatic rings. The average Bonchev–Trinajstić information content (AvgIpc) is 3.19. The highest BCUT2D eigenvalue weighted by atomic mass is 32.2. The summed E-state index contributed by atoms with van der Waals surface area (Å²) in [6, 6.07) is 14.9. The topological polar surface area (TPSA) is 98.1 Å². The summed E-state index contributed by atoms with van der Waals surface area (Å²) in [4.78, 5) is 24.7. The minimum absolute atomic E-state index is 0.113. The highest BCUT2D eigenvalue weighted by Gasteiger charge is 2.18. The minimum Gasteiger partial charge on any atom is -0.497 e. The average molecular weight is 468 g/mol. The molecule has 0 saturated heterocycles. The molecule has 3 rings (SSSR count).